The molecule has 2 atom stereocenters. The summed E-state index contributed by atoms with van der Waals surface area (Å²) in [6.07, 6.45) is 0. The fourth-order valence-corrected chi connectivity index (χ4v) is 8.02. The van der Waals surface area contributed by atoms with Crippen LogP contribution in [0.3, 0.4) is 0 Å². The van der Waals surface area contributed by atoms with Gasteiger partial charge in [-0.1, -0.05) is 96.2 Å². The second-order valence-electron chi connectivity index (χ2n) is 11.5. The second-order valence-corrected chi connectivity index (χ2v) is 13.4. The van der Waals surface area contributed by atoms with Crippen LogP contribution in [0.2, 0.25) is 0 Å². The summed E-state index contributed by atoms with van der Waals surface area (Å²) >= 11 is 2.51. The molecule has 0 radical (unpaired) electrons. The van der Waals surface area contributed by atoms with E-state index in [2.05, 4.69) is 15.8 Å². The van der Waals surface area contributed by atoms with Crippen molar-refractivity contribution in [2.45, 2.75) is 23.9 Å². The third-order valence-electron chi connectivity index (χ3n) is 8.23. The van der Waals surface area contributed by atoms with Crippen LogP contribution in [0.25, 0.3) is 0 Å². The SMILES string of the molecule is CC(=O)OCC1=C(C(=O)O)N2C(=O)C(NC(=O)C(=NOCCN)c3csc(NC(c4ccccc4)(c4ccccc4)c4ccccc4)n3)[C@H]2SC1. The van der Waals surface area contributed by atoms with Crippen molar-refractivity contribution >= 4 is 57.7 Å². The molecule has 5 N–H and O–H groups in total. The molecule has 1 saturated heterocycles. The van der Waals surface area contributed by atoms with E-state index in [0.29, 0.717) is 5.13 Å². The summed E-state index contributed by atoms with van der Waals surface area (Å²) in [4.78, 5) is 61.8. The molecule has 0 aliphatic carbocycles. The molecule has 1 aromatic heterocycles. The van der Waals surface area contributed by atoms with Crippen molar-refractivity contribution in [1.29, 1.82) is 0 Å². The zero-order chi connectivity index (χ0) is 36.0. The number of thiazole rings is 1. The number of carboxylic acid groups (broad SMARTS) is 1. The number of thioether (sulfide) groups is 1. The number of carboxylic acids is 1. The number of carbonyl (C=O) groups excluding carboxylic acids is 3. The van der Waals surface area contributed by atoms with Crippen LogP contribution in [0.5, 0.6) is 0 Å². The van der Waals surface area contributed by atoms with Crippen LogP contribution < -0.4 is 16.4 Å². The van der Waals surface area contributed by atoms with Gasteiger partial charge >= 0.3 is 11.9 Å². The number of benzene rings is 3. The van der Waals surface area contributed by atoms with E-state index in [1.54, 1.807) is 5.38 Å². The van der Waals surface area contributed by atoms with E-state index in [0.717, 1.165) is 21.6 Å². The average molecular weight is 727 g/mol. The Morgan fingerprint density at radius 3 is 2.12 bits per heavy atom. The van der Waals surface area contributed by atoms with Gasteiger partial charge in [0.15, 0.2) is 10.8 Å². The Hall–Kier alpha value is -5.51. The highest BCUT2D eigenvalue weighted by atomic mass is 32.2. The molecule has 0 spiro atoms. The Kier molecular flexibility index (Phi) is 10.8. The van der Waals surface area contributed by atoms with Crippen molar-refractivity contribution in [1.82, 2.24) is 15.2 Å². The number of oxime groups is 1. The van der Waals surface area contributed by atoms with Crippen LogP contribution in [0, 0.1) is 0 Å². The normalized spacial score (nSPS) is 17.3. The molecule has 6 rings (SSSR count). The van der Waals surface area contributed by atoms with E-state index in [1.807, 2.05) is 91.0 Å². The highest BCUT2D eigenvalue weighted by Gasteiger charge is 2.54. The maximum atomic E-state index is 13.8. The number of nitrogens with zero attached hydrogens (tertiary/aromatic N) is 3. The molecule has 15 heteroatoms. The molecule has 262 valence electrons. The van der Waals surface area contributed by atoms with Crippen molar-refractivity contribution < 1.29 is 33.9 Å². The van der Waals surface area contributed by atoms with Crippen molar-refractivity contribution in [2.75, 3.05) is 30.8 Å². The third-order valence-corrected chi connectivity index (χ3v) is 10.3. The number of aromatic nitrogens is 1. The molecule has 3 heterocycles. The summed E-state index contributed by atoms with van der Waals surface area (Å²) < 4.78 is 5.00. The third kappa shape index (κ3) is 7.22. The predicted octanol–water partition coefficient (Wildman–Crippen LogP) is 3.53. The Balaban J connectivity index is 1.30. The van der Waals surface area contributed by atoms with Crippen molar-refractivity contribution in [3.63, 3.8) is 0 Å². The minimum atomic E-state index is -1.34. The van der Waals surface area contributed by atoms with Crippen LogP contribution in [-0.4, -0.2) is 81.4 Å². The van der Waals surface area contributed by atoms with Gasteiger partial charge in [-0.05, 0) is 16.7 Å². The number of nitrogens with one attached hydrogen (secondary N) is 2. The number of fused-ring (bicyclic) bond motifs is 1. The largest absolute Gasteiger partial charge is 0.477 e. The Bertz CT molecular complexity index is 1870. The van der Waals surface area contributed by atoms with Crippen LogP contribution in [0.1, 0.15) is 29.3 Å². The van der Waals surface area contributed by atoms with Gasteiger partial charge in [-0.15, -0.1) is 23.1 Å². The lowest BCUT2D eigenvalue weighted by atomic mass is 9.77. The lowest BCUT2D eigenvalue weighted by Gasteiger charge is -2.49. The number of hydrogen-bond donors (Lipinski definition) is 4. The van der Waals surface area contributed by atoms with Crippen molar-refractivity contribution in [3.05, 3.63) is 130 Å². The molecule has 2 amide bonds. The van der Waals surface area contributed by atoms with Crippen LogP contribution >= 0.6 is 23.1 Å². The average Bonchev–Trinajstić information content (AvgIpc) is 3.62. The molecule has 4 aromatic rings. The first kappa shape index (κ1) is 35.3. The van der Waals surface area contributed by atoms with Gasteiger partial charge in [0, 0.05) is 30.2 Å². The van der Waals surface area contributed by atoms with Gasteiger partial charge in [-0.25, -0.2) is 9.78 Å². The molecular weight excluding hydrogens is 693 g/mol. The lowest BCUT2D eigenvalue weighted by Crippen LogP contribution is -2.71. The standard InChI is InChI=1S/C36H34N6O7S2/c1-22(43)48-19-23-20-50-33-29(32(45)42(33)30(23)34(46)47)39-31(44)28(41-49-18-17-37)27-21-51-35(38-27)40-36(24-11-5-2-6-12-24,25-13-7-3-8-14-25)26-15-9-4-10-16-26/h2-16,21,29,33H,17-20,37H2,1H3,(H,38,40)(H,39,44)(H,46,47)/t29?,33-/m1/s1. The van der Waals surface area contributed by atoms with E-state index >= 15 is 0 Å². The van der Waals surface area contributed by atoms with Gasteiger partial charge in [0.25, 0.3) is 11.8 Å². The van der Waals surface area contributed by atoms with Crippen LogP contribution in [0.4, 0.5) is 5.13 Å². The first-order valence-corrected chi connectivity index (χ1v) is 17.8. The van der Waals surface area contributed by atoms with E-state index in [1.165, 1.54) is 30.0 Å². The van der Waals surface area contributed by atoms with E-state index in [4.69, 9.17) is 20.3 Å². The van der Waals surface area contributed by atoms with Crippen LogP contribution in [0.15, 0.2) is 113 Å². The maximum Gasteiger partial charge on any atom is 0.352 e. The van der Waals surface area contributed by atoms with Gasteiger partial charge in [0.1, 0.15) is 41.6 Å². The molecule has 1 fully saturated rings. The van der Waals surface area contributed by atoms with Crippen molar-refractivity contribution in [3.8, 4) is 0 Å². The first-order chi connectivity index (χ1) is 24.7. The molecule has 2 aliphatic rings. The molecule has 3 aromatic carbocycles. The highest BCUT2D eigenvalue weighted by Crippen LogP contribution is 2.42. The summed E-state index contributed by atoms with van der Waals surface area (Å²) in [5.74, 6) is -3.09. The predicted molar refractivity (Wildman–Crippen MR) is 193 cm³/mol. The van der Waals surface area contributed by atoms with E-state index in [-0.39, 0.29) is 48.2 Å². The number of rotatable bonds is 14. The summed E-state index contributed by atoms with van der Waals surface area (Å²) in [5.41, 5.74) is 7.64. The summed E-state index contributed by atoms with van der Waals surface area (Å²) in [5, 5.41) is 21.8. The van der Waals surface area contributed by atoms with Gasteiger partial charge < -0.3 is 31.0 Å². The minimum Gasteiger partial charge on any atom is -0.477 e. The van der Waals surface area contributed by atoms with Crippen LogP contribution in [-0.2, 0) is 34.3 Å². The van der Waals surface area contributed by atoms with Gasteiger partial charge in [-0.2, -0.15) is 0 Å². The Labute approximate surface area is 301 Å². The fourth-order valence-electron chi connectivity index (χ4n) is 5.94. The Morgan fingerprint density at radius 1 is 1.00 bits per heavy atom. The molecule has 51 heavy (non-hydrogen) atoms. The quantitative estimate of drug-likeness (QED) is 0.0372. The number of nitrogens with two attached hydrogens (primary N) is 1. The number of amides is 2. The molecule has 2 aliphatic heterocycles. The zero-order valence-corrected chi connectivity index (χ0v) is 29.0. The number of ether oxygens (including phenoxy) is 1. The molecule has 13 nitrogen and oxygen atoms in total. The van der Waals surface area contributed by atoms with E-state index < -0.39 is 40.7 Å². The first-order valence-electron chi connectivity index (χ1n) is 15.9. The molecule has 0 saturated carbocycles. The number of carbonyl (C=O) groups is 4. The Morgan fingerprint density at radius 2 is 1.59 bits per heavy atom. The highest BCUT2D eigenvalue weighted by molar-refractivity contribution is 8.00. The molecule has 1 unspecified atom stereocenters. The fraction of sp³-hybridized carbons (Fsp3) is 0.222. The molecular formula is C36H34N6O7S2. The number of anilines is 1. The number of aliphatic carboxylic acids is 1. The number of esters is 1. The topological polar surface area (TPSA) is 186 Å². The van der Waals surface area contributed by atoms with E-state index in [9.17, 15) is 24.3 Å². The lowest BCUT2D eigenvalue weighted by molar-refractivity contribution is -0.150. The smallest absolute Gasteiger partial charge is 0.352 e. The van der Waals surface area contributed by atoms with Gasteiger partial charge in [-0.3, -0.25) is 19.3 Å². The van der Waals surface area contributed by atoms with Gasteiger partial charge in [0.05, 0.1) is 0 Å². The second kappa shape index (κ2) is 15.6. The maximum absolute atomic E-state index is 13.8. The summed E-state index contributed by atoms with van der Waals surface area (Å²) in [6.45, 7) is 1.12. The number of β-lactam (4-membered cyclic amide) rings is 1. The monoisotopic (exact) mass is 726 g/mol. The van der Waals surface area contributed by atoms with Crippen molar-refractivity contribution in [2.24, 2.45) is 10.9 Å². The zero-order valence-electron chi connectivity index (χ0n) is 27.4. The molecule has 0 bridgehead atoms. The minimum absolute atomic E-state index is 0.0254. The van der Waals surface area contributed by atoms with Gasteiger partial charge in [0.2, 0.25) is 0 Å². The summed E-state index contributed by atoms with van der Waals surface area (Å²) in [6, 6.07) is 28.8. The summed E-state index contributed by atoms with van der Waals surface area (Å²) in [7, 11) is 0. The number of hydrogen-bond acceptors (Lipinski definition) is 12.